The van der Waals surface area contributed by atoms with Gasteiger partial charge in [0.1, 0.15) is 0 Å². The minimum absolute atomic E-state index is 0.00517. The first-order valence-corrected chi connectivity index (χ1v) is 48.3. The molecule has 0 unspecified atom stereocenters. The Hall–Kier alpha value is -1.08. The number of benzene rings is 3. The van der Waals surface area contributed by atoms with Crippen LogP contribution in [0.25, 0.3) is 11.1 Å². The van der Waals surface area contributed by atoms with Crippen molar-refractivity contribution in [1.82, 2.24) is 0 Å². The lowest BCUT2D eigenvalue weighted by molar-refractivity contribution is -0.0486. The maximum absolute atomic E-state index is 8.88. The molecule has 17 rings (SSSR count). The van der Waals surface area contributed by atoms with Gasteiger partial charge in [0.15, 0.2) is 0 Å². The van der Waals surface area contributed by atoms with Crippen molar-refractivity contribution in [3.63, 3.8) is 0 Å². The Labute approximate surface area is 498 Å². The van der Waals surface area contributed by atoms with Crippen LogP contribution in [0.5, 0.6) is 0 Å². The smallest absolute Gasteiger partial charge is 0.373 e. The van der Waals surface area contributed by atoms with Crippen molar-refractivity contribution in [2.75, 3.05) is 0 Å². The van der Waals surface area contributed by atoms with Crippen molar-refractivity contribution in [1.29, 1.82) is 0 Å². The zero-order valence-electron chi connectivity index (χ0n) is 48.9. The van der Waals surface area contributed by atoms with Crippen LogP contribution in [-0.2, 0) is 55.8 Å². The van der Waals surface area contributed by atoms with E-state index in [9.17, 15) is 0 Å². The van der Waals surface area contributed by atoms with Crippen molar-refractivity contribution < 1.29 is 49.4 Å². The first-order valence-electron chi connectivity index (χ1n) is 34.0. The van der Waals surface area contributed by atoms with Gasteiger partial charge in [0.2, 0.25) is 0 Å². The minimum atomic E-state index is -4.43. The molecule has 6 aliphatic heterocycles. The molecule has 6 heterocycles. The van der Waals surface area contributed by atoms with Gasteiger partial charge >= 0.3 is 70.4 Å². The second-order valence-corrected chi connectivity index (χ2v) is 53.6. The van der Waals surface area contributed by atoms with Crippen LogP contribution in [0.15, 0.2) is 72.8 Å². The highest BCUT2D eigenvalue weighted by Gasteiger charge is 2.88. The summed E-state index contributed by atoms with van der Waals surface area (Å²) in [5.41, 5.74) is 6.71. The summed E-state index contributed by atoms with van der Waals surface area (Å²) in [4.78, 5) is 0. The summed E-state index contributed by atoms with van der Waals surface area (Å²) in [6, 6.07) is 27.4. The van der Waals surface area contributed by atoms with E-state index in [2.05, 4.69) is 72.8 Å². The van der Waals surface area contributed by atoms with Gasteiger partial charge in [-0.15, -0.1) is 0 Å². The van der Waals surface area contributed by atoms with Crippen LogP contribution in [0.3, 0.4) is 0 Å². The number of hydrogen-bond acceptors (Lipinski definition) is 12. The topological polar surface area (TPSA) is 111 Å². The SMILES string of the molecule is c1ccc2c(c1)-c1ccccc1C2Cc1ccc([Si]23O[Si]4(C5CCCCC5)O[Si]5(C6CCCCC6)O[Si](C6CCCCC6)(O2)O[Si]2(C6CCCCC6)O[Si](C6CCCCC6)(O3)O[Si](C3CCCCC3)(O4)O[Si](C3CCCCC3)(O5)O2)cc1. The second-order valence-electron chi connectivity index (χ2n) is 28.0. The van der Waals surface area contributed by atoms with E-state index >= 15 is 0 Å². The maximum atomic E-state index is 8.88. The average Bonchev–Trinajstić information content (AvgIpc) is 0.910. The molecule has 3 aromatic carbocycles. The van der Waals surface area contributed by atoms with Gasteiger partial charge in [-0.1, -0.05) is 208 Å². The third-order valence-electron chi connectivity index (χ3n) is 22.8. The molecule has 8 aliphatic carbocycles. The van der Waals surface area contributed by atoms with Crippen LogP contribution in [-0.4, -0.2) is 70.4 Å². The molecule has 444 valence electrons. The summed E-state index contributed by atoms with van der Waals surface area (Å²) in [6.07, 6.45) is 37.9. The third kappa shape index (κ3) is 9.64. The highest BCUT2D eigenvalue weighted by atomic mass is 28.6. The molecule has 20 heteroatoms. The Morgan fingerprint density at radius 1 is 0.256 bits per heavy atom. The minimum Gasteiger partial charge on any atom is -0.373 e. The normalized spacial score (nSPS) is 40.4. The molecule has 8 bridgehead atoms. The van der Waals surface area contributed by atoms with Crippen molar-refractivity contribution in [3.05, 3.63) is 89.5 Å². The van der Waals surface area contributed by atoms with E-state index in [1.807, 2.05) is 0 Å². The van der Waals surface area contributed by atoms with Gasteiger partial charge < -0.3 is 49.4 Å². The molecule has 12 nitrogen and oxygen atoms in total. The van der Waals surface area contributed by atoms with Crippen molar-refractivity contribution in [3.8, 4) is 11.1 Å². The zero-order chi connectivity index (χ0) is 54.5. The van der Waals surface area contributed by atoms with E-state index in [1.54, 1.807) is 0 Å². The van der Waals surface area contributed by atoms with Gasteiger partial charge in [-0.2, -0.15) is 0 Å². The summed E-state index contributed by atoms with van der Waals surface area (Å²) >= 11 is 0. The number of hydrogen-bond donors (Lipinski definition) is 0. The Bertz CT molecular complexity index is 2520. The Morgan fingerprint density at radius 2 is 0.488 bits per heavy atom. The molecule has 14 aliphatic rings. The van der Waals surface area contributed by atoms with Crippen molar-refractivity contribution >= 4 is 75.6 Å². The summed E-state index contributed by atoms with van der Waals surface area (Å²) in [5, 5.41) is 0.927. The summed E-state index contributed by atoms with van der Waals surface area (Å²) in [5.74, 6) is 0.245. The molecular weight excluding hydrogens is 1160 g/mol. The molecule has 82 heavy (non-hydrogen) atoms. The monoisotopic (exact) mass is 1250 g/mol. The molecular formula is C62H92O12Si8. The van der Waals surface area contributed by atoms with Gasteiger partial charge in [-0.3, -0.25) is 0 Å². The Balaban J connectivity index is 0.966. The lowest BCUT2D eigenvalue weighted by Gasteiger charge is -2.67. The molecule has 3 aromatic rings. The number of rotatable bonds is 10. The van der Waals surface area contributed by atoms with E-state index in [0.29, 0.717) is 0 Å². The fourth-order valence-electron chi connectivity index (χ4n) is 18.5. The highest BCUT2D eigenvalue weighted by Crippen LogP contribution is 2.65. The van der Waals surface area contributed by atoms with Crippen LogP contribution in [0.2, 0.25) is 38.8 Å². The molecule has 0 amide bonds. The fraction of sp³-hybridized carbons (Fsp3) is 0.710. The van der Waals surface area contributed by atoms with E-state index in [1.165, 1.54) is 72.8 Å². The predicted molar refractivity (Wildman–Crippen MR) is 330 cm³/mol. The van der Waals surface area contributed by atoms with Gasteiger partial charge in [-0.25, -0.2) is 0 Å². The zero-order valence-corrected chi connectivity index (χ0v) is 56.9. The van der Waals surface area contributed by atoms with Crippen LogP contribution < -0.4 is 5.19 Å². The second kappa shape index (κ2) is 22.4. The van der Waals surface area contributed by atoms with Crippen LogP contribution in [0, 0.1) is 0 Å². The van der Waals surface area contributed by atoms with E-state index in [0.717, 1.165) is 191 Å². The molecule has 0 N–H and O–H groups in total. The first kappa shape index (κ1) is 56.2. The predicted octanol–water partition coefficient (Wildman–Crippen LogP) is 16.4. The number of fused-ring (bicyclic) bond motifs is 3. The quantitative estimate of drug-likeness (QED) is 0.180. The maximum Gasteiger partial charge on any atom is 0.515 e. The average molecular weight is 1250 g/mol. The van der Waals surface area contributed by atoms with Crippen molar-refractivity contribution in [2.24, 2.45) is 0 Å². The lowest BCUT2D eigenvalue weighted by Crippen LogP contribution is -2.92. The Kier molecular flexibility index (Phi) is 15.4. The van der Waals surface area contributed by atoms with Gasteiger partial charge in [0.05, 0.1) is 0 Å². The van der Waals surface area contributed by atoms with Gasteiger partial charge in [0, 0.05) is 49.9 Å². The van der Waals surface area contributed by atoms with Crippen LogP contribution >= 0.6 is 0 Å². The standard InChI is InChI=1S/C62H92O12Si8/c1-8-26-50(27-9-1)75-63-76(51-28-10-2-11-29-51)66-79(54-34-16-5-17-35-54)68-77(64-75,52-30-12-3-13-31-52)70-81(56-38-20-7-21-39-56)71-78(65-75,53-32-14-4-15-33-53)69-80(67-76,55-36-18-6-19-37-55)73-82(72-79,74-81)57-46-44-49(45-47-57)48-62-60-42-24-22-40-58(60)59-41-23-25-43-61(59)62/h22-25,40-47,50-56,62H,1-21,26-39,48H2. The van der Waals surface area contributed by atoms with E-state index in [4.69, 9.17) is 49.4 Å². The van der Waals surface area contributed by atoms with E-state index in [-0.39, 0.29) is 44.7 Å². The van der Waals surface area contributed by atoms with Crippen molar-refractivity contribution in [2.45, 2.75) is 276 Å². The Morgan fingerprint density at radius 3 is 0.744 bits per heavy atom. The largest absolute Gasteiger partial charge is 0.515 e. The molecule has 7 saturated carbocycles. The summed E-state index contributed by atoms with van der Waals surface area (Å²) < 4.78 is 106. The third-order valence-corrected chi connectivity index (χ3v) is 62.0. The lowest BCUT2D eigenvalue weighted by atomic mass is 9.90. The summed E-state index contributed by atoms with van der Waals surface area (Å²) in [7, 11) is -33.4. The van der Waals surface area contributed by atoms with Gasteiger partial charge in [0.25, 0.3) is 0 Å². The summed E-state index contributed by atoms with van der Waals surface area (Å²) in [6.45, 7) is 0. The molecule has 13 fully saturated rings. The van der Waals surface area contributed by atoms with E-state index < -0.39 is 70.4 Å². The molecule has 6 saturated heterocycles. The highest BCUT2D eigenvalue weighted by molar-refractivity contribution is 7.06. The van der Waals surface area contributed by atoms with Crippen LogP contribution in [0.4, 0.5) is 0 Å². The van der Waals surface area contributed by atoms with Crippen LogP contribution in [0.1, 0.15) is 247 Å². The molecule has 0 aromatic heterocycles. The molecule has 0 spiro atoms. The first-order chi connectivity index (χ1) is 40.3. The van der Waals surface area contributed by atoms with Gasteiger partial charge in [-0.05, 0) is 124 Å². The fourth-order valence-corrected chi connectivity index (χ4v) is 74.1. The molecule has 0 atom stereocenters. The molecule has 0 radical (unpaired) electrons.